The number of carbonyl (C=O) groups excluding carboxylic acids is 2. The maximum atomic E-state index is 12.0. The Morgan fingerprint density at radius 3 is 2.65 bits per heavy atom. The lowest BCUT2D eigenvalue weighted by Gasteiger charge is -2.27. The van der Waals surface area contributed by atoms with Gasteiger partial charge < -0.3 is 15.5 Å². The maximum absolute atomic E-state index is 12.0. The fraction of sp³-hybridized carbons (Fsp3) is 0.833. The smallest absolute Gasteiger partial charge is 0.239 e. The number of hydrogen-bond acceptors (Lipinski definition) is 3. The van der Waals surface area contributed by atoms with Crippen molar-refractivity contribution in [3.8, 4) is 0 Å². The highest BCUT2D eigenvalue weighted by molar-refractivity contribution is 5.87. The van der Waals surface area contributed by atoms with Crippen LogP contribution in [0.5, 0.6) is 0 Å². The van der Waals surface area contributed by atoms with Crippen LogP contribution in [0.2, 0.25) is 0 Å². The number of carbonyl (C=O) groups is 2. The third-order valence-electron chi connectivity index (χ3n) is 3.31. The number of rotatable bonds is 4. The van der Waals surface area contributed by atoms with Gasteiger partial charge in [0.1, 0.15) is 0 Å². The van der Waals surface area contributed by atoms with E-state index >= 15 is 0 Å². The van der Waals surface area contributed by atoms with Gasteiger partial charge in [0.25, 0.3) is 0 Å². The van der Waals surface area contributed by atoms with Crippen molar-refractivity contribution in [2.75, 3.05) is 20.1 Å². The second kappa shape index (κ2) is 5.49. The molecular formula is C12H21N3O2. The van der Waals surface area contributed by atoms with E-state index in [0.29, 0.717) is 6.04 Å². The Morgan fingerprint density at radius 1 is 1.29 bits per heavy atom. The van der Waals surface area contributed by atoms with Crippen molar-refractivity contribution in [1.29, 1.82) is 0 Å². The average Bonchev–Trinajstić information content (AvgIpc) is 3.12. The molecule has 1 unspecified atom stereocenters. The van der Waals surface area contributed by atoms with Crippen LogP contribution in [0, 0.1) is 0 Å². The molecule has 17 heavy (non-hydrogen) atoms. The Hall–Kier alpha value is -1.10. The molecule has 0 radical (unpaired) electrons. The van der Waals surface area contributed by atoms with Crippen molar-refractivity contribution in [1.82, 2.24) is 15.5 Å². The monoisotopic (exact) mass is 239 g/mol. The first-order chi connectivity index (χ1) is 8.16. The molecule has 1 saturated carbocycles. The predicted octanol–water partition coefficient (Wildman–Crippen LogP) is -0.134. The third kappa shape index (κ3) is 3.70. The van der Waals surface area contributed by atoms with Gasteiger partial charge in [-0.2, -0.15) is 0 Å². The van der Waals surface area contributed by atoms with Crippen LogP contribution in [0.1, 0.15) is 32.1 Å². The summed E-state index contributed by atoms with van der Waals surface area (Å²) in [5, 5.41) is 6.09. The summed E-state index contributed by atoms with van der Waals surface area (Å²) in [6.07, 6.45) is 5.26. The number of nitrogens with one attached hydrogen (secondary N) is 2. The first-order valence-corrected chi connectivity index (χ1v) is 6.44. The minimum absolute atomic E-state index is 0.0376. The number of likely N-dealkylation sites (N-methyl/N-ethyl adjacent to an activating group) is 1. The quantitative estimate of drug-likeness (QED) is 0.718. The predicted molar refractivity (Wildman–Crippen MR) is 64.4 cm³/mol. The lowest BCUT2D eigenvalue weighted by molar-refractivity contribution is -0.136. The molecular weight excluding hydrogens is 218 g/mol. The number of amides is 2. The van der Waals surface area contributed by atoms with Crippen LogP contribution >= 0.6 is 0 Å². The lowest BCUT2D eigenvalue weighted by Crippen LogP contribution is -2.49. The van der Waals surface area contributed by atoms with Gasteiger partial charge in [-0.15, -0.1) is 0 Å². The Morgan fingerprint density at radius 2 is 2.06 bits per heavy atom. The molecule has 2 aliphatic rings. The van der Waals surface area contributed by atoms with Crippen LogP contribution in [0.25, 0.3) is 0 Å². The third-order valence-corrected chi connectivity index (χ3v) is 3.31. The molecule has 2 N–H and O–H groups in total. The second-order valence-corrected chi connectivity index (χ2v) is 5.04. The molecule has 2 fully saturated rings. The van der Waals surface area contributed by atoms with Gasteiger partial charge in [-0.1, -0.05) is 6.42 Å². The average molecular weight is 239 g/mol. The Balaban J connectivity index is 1.74. The van der Waals surface area contributed by atoms with Gasteiger partial charge in [-0.05, 0) is 32.2 Å². The van der Waals surface area contributed by atoms with Crippen LogP contribution in [-0.4, -0.2) is 48.9 Å². The van der Waals surface area contributed by atoms with Gasteiger partial charge in [-0.25, -0.2) is 0 Å². The van der Waals surface area contributed by atoms with Crippen molar-refractivity contribution in [3.63, 3.8) is 0 Å². The largest absolute Gasteiger partial charge is 0.352 e. The van der Waals surface area contributed by atoms with E-state index in [0.717, 1.165) is 38.6 Å². The van der Waals surface area contributed by atoms with E-state index in [1.807, 2.05) is 0 Å². The van der Waals surface area contributed by atoms with Gasteiger partial charge in [-0.3, -0.25) is 9.59 Å². The van der Waals surface area contributed by atoms with Crippen molar-refractivity contribution in [2.24, 2.45) is 0 Å². The zero-order chi connectivity index (χ0) is 12.3. The van der Waals surface area contributed by atoms with Crippen LogP contribution < -0.4 is 10.6 Å². The molecule has 5 nitrogen and oxygen atoms in total. The molecule has 1 heterocycles. The van der Waals surface area contributed by atoms with Gasteiger partial charge in [0.15, 0.2) is 0 Å². The molecule has 1 aliphatic carbocycles. The van der Waals surface area contributed by atoms with Gasteiger partial charge in [0, 0.05) is 13.1 Å². The Kier molecular flexibility index (Phi) is 3.99. The summed E-state index contributed by atoms with van der Waals surface area (Å²) >= 11 is 0. The summed E-state index contributed by atoms with van der Waals surface area (Å²) in [5.74, 6) is -0.00481. The molecule has 2 rings (SSSR count). The highest BCUT2D eigenvalue weighted by Gasteiger charge is 2.27. The SMILES string of the molecule is CN(CC(=O)NC1CC1)C(=O)C1CCCCN1. The van der Waals surface area contributed by atoms with E-state index in [2.05, 4.69) is 10.6 Å². The van der Waals surface area contributed by atoms with Crippen LogP contribution in [0.15, 0.2) is 0 Å². The molecule has 0 bridgehead atoms. The van der Waals surface area contributed by atoms with Crippen molar-refractivity contribution >= 4 is 11.8 Å². The van der Waals surface area contributed by atoms with E-state index in [9.17, 15) is 9.59 Å². The van der Waals surface area contributed by atoms with E-state index < -0.39 is 0 Å². The minimum atomic E-state index is -0.0949. The maximum Gasteiger partial charge on any atom is 0.239 e. The van der Waals surface area contributed by atoms with Crippen molar-refractivity contribution in [2.45, 2.75) is 44.2 Å². The van der Waals surface area contributed by atoms with E-state index in [1.165, 1.54) is 4.90 Å². The summed E-state index contributed by atoms with van der Waals surface area (Å²) in [6, 6.07) is 0.265. The van der Waals surface area contributed by atoms with Crippen LogP contribution in [-0.2, 0) is 9.59 Å². The van der Waals surface area contributed by atoms with Crippen LogP contribution in [0.4, 0.5) is 0 Å². The van der Waals surface area contributed by atoms with Crippen LogP contribution in [0.3, 0.4) is 0 Å². The molecule has 96 valence electrons. The molecule has 0 spiro atoms. The molecule has 1 aliphatic heterocycles. The Bertz CT molecular complexity index is 296. The second-order valence-electron chi connectivity index (χ2n) is 5.04. The molecule has 2 amide bonds. The highest BCUT2D eigenvalue weighted by atomic mass is 16.2. The topological polar surface area (TPSA) is 61.4 Å². The first kappa shape index (κ1) is 12.4. The zero-order valence-corrected chi connectivity index (χ0v) is 10.4. The number of nitrogens with zero attached hydrogens (tertiary/aromatic N) is 1. The molecule has 0 aromatic carbocycles. The molecule has 0 aromatic rings. The summed E-state index contributed by atoms with van der Waals surface area (Å²) in [5.41, 5.74) is 0. The Labute approximate surface area is 102 Å². The number of hydrogen-bond donors (Lipinski definition) is 2. The van der Waals surface area contributed by atoms with Crippen molar-refractivity contribution in [3.05, 3.63) is 0 Å². The summed E-state index contributed by atoms with van der Waals surface area (Å²) in [4.78, 5) is 25.1. The van der Waals surface area contributed by atoms with Crippen molar-refractivity contribution < 1.29 is 9.59 Å². The lowest BCUT2D eigenvalue weighted by atomic mass is 10.0. The van der Waals surface area contributed by atoms with E-state index in [1.54, 1.807) is 7.05 Å². The molecule has 0 aromatic heterocycles. The van der Waals surface area contributed by atoms with E-state index in [4.69, 9.17) is 0 Å². The minimum Gasteiger partial charge on any atom is -0.352 e. The fourth-order valence-corrected chi connectivity index (χ4v) is 2.12. The molecule has 5 heteroatoms. The standard InChI is InChI=1S/C12H21N3O2/c1-15(8-11(16)14-9-5-6-9)12(17)10-4-2-3-7-13-10/h9-10,13H,2-8H2,1H3,(H,14,16). The number of piperidine rings is 1. The van der Waals surface area contributed by atoms with Gasteiger partial charge in [0.2, 0.25) is 11.8 Å². The molecule has 1 saturated heterocycles. The molecule has 1 atom stereocenters. The normalized spacial score (nSPS) is 24.2. The highest BCUT2D eigenvalue weighted by Crippen LogP contribution is 2.18. The summed E-state index contributed by atoms with van der Waals surface area (Å²) in [6.45, 7) is 1.08. The fourth-order valence-electron chi connectivity index (χ4n) is 2.12. The summed E-state index contributed by atoms with van der Waals surface area (Å²) in [7, 11) is 1.70. The first-order valence-electron chi connectivity index (χ1n) is 6.44. The van der Waals surface area contributed by atoms with Gasteiger partial charge >= 0.3 is 0 Å². The van der Waals surface area contributed by atoms with E-state index in [-0.39, 0.29) is 24.4 Å². The zero-order valence-electron chi connectivity index (χ0n) is 10.4. The summed E-state index contributed by atoms with van der Waals surface area (Å²) < 4.78 is 0. The van der Waals surface area contributed by atoms with Gasteiger partial charge in [0.05, 0.1) is 12.6 Å².